The molecule has 0 aliphatic rings. The van der Waals surface area contributed by atoms with Crippen molar-refractivity contribution in [3.63, 3.8) is 0 Å². The third kappa shape index (κ3) is 5.70. The van der Waals surface area contributed by atoms with Crippen molar-refractivity contribution in [2.45, 2.75) is 24.8 Å². The summed E-state index contributed by atoms with van der Waals surface area (Å²) in [5.41, 5.74) is -0.417. The van der Waals surface area contributed by atoms with Gasteiger partial charge in [0.1, 0.15) is 11.5 Å². The summed E-state index contributed by atoms with van der Waals surface area (Å²) in [5.74, 6) is -0.796. The number of hydrogen-bond donors (Lipinski definition) is 0. The SMILES string of the molecule is CCN(Cc1cccc(F)c1)C(=O)CSc1nccc(C(F)(F)F)n1. The number of thioether (sulfide) groups is 1. The summed E-state index contributed by atoms with van der Waals surface area (Å²) >= 11 is 0.829. The molecule has 1 amide bonds. The van der Waals surface area contributed by atoms with E-state index in [1.807, 2.05) is 0 Å². The Morgan fingerprint density at radius 1 is 1.28 bits per heavy atom. The van der Waals surface area contributed by atoms with Gasteiger partial charge >= 0.3 is 6.18 Å². The second-order valence-corrected chi connectivity index (χ2v) is 5.99. The average molecular weight is 373 g/mol. The van der Waals surface area contributed by atoms with Crippen LogP contribution >= 0.6 is 11.8 Å². The van der Waals surface area contributed by atoms with Crippen LogP contribution in [0.25, 0.3) is 0 Å². The number of benzene rings is 1. The number of hydrogen-bond acceptors (Lipinski definition) is 4. The Kier molecular flexibility index (Phi) is 6.35. The maximum absolute atomic E-state index is 13.2. The van der Waals surface area contributed by atoms with E-state index in [0.29, 0.717) is 12.1 Å². The van der Waals surface area contributed by atoms with Crippen LogP contribution in [0, 0.1) is 5.82 Å². The van der Waals surface area contributed by atoms with Gasteiger partial charge in [0.05, 0.1) is 5.75 Å². The second kappa shape index (κ2) is 8.28. The molecule has 134 valence electrons. The van der Waals surface area contributed by atoms with Crippen LogP contribution in [-0.4, -0.2) is 33.1 Å². The van der Waals surface area contributed by atoms with Crippen LogP contribution in [0.4, 0.5) is 17.6 Å². The van der Waals surface area contributed by atoms with E-state index in [4.69, 9.17) is 0 Å². The van der Waals surface area contributed by atoms with E-state index in [9.17, 15) is 22.4 Å². The zero-order chi connectivity index (χ0) is 18.4. The summed E-state index contributed by atoms with van der Waals surface area (Å²) in [6.07, 6.45) is -3.55. The zero-order valence-corrected chi connectivity index (χ0v) is 14.1. The smallest absolute Gasteiger partial charge is 0.338 e. The van der Waals surface area contributed by atoms with Crippen LogP contribution in [-0.2, 0) is 17.5 Å². The first-order valence-corrected chi connectivity index (χ1v) is 8.33. The molecule has 0 fully saturated rings. The number of halogens is 4. The highest BCUT2D eigenvalue weighted by atomic mass is 32.2. The number of carbonyl (C=O) groups is 1. The minimum atomic E-state index is -4.56. The topological polar surface area (TPSA) is 46.1 Å². The van der Waals surface area contributed by atoms with E-state index < -0.39 is 17.7 Å². The molecule has 4 nitrogen and oxygen atoms in total. The van der Waals surface area contributed by atoms with Crippen molar-refractivity contribution in [1.29, 1.82) is 0 Å². The molecule has 9 heteroatoms. The molecule has 0 saturated carbocycles. The maximum atomic E-state index is 13.2. The van der Waals surface area contributed by atoms with Crippen LogP contribution in [0.3, 0.4) is 0 Å². The number of rotatable bonds is 6. The summed E-state index contributed by atoms with van der Waals surface area (Å²) in [5, 5.41) is -0.120. The Bertz CT molecular complexity index is 739. The largest absolute Gasteiger partial charge is 0.433 e. The van der Waals surface area contributed by atoms with Gasteiger partial charge in [0.2, 0.25) is 5.91 Å². The fourth-order valence-corrected chi connectivity index (χ4v) is 2.75. The molecule has 2 rings (SSSR count). The van der Waals surface area contributed by atoms with Gasteiger partial charge in [-0.2, -0.15) is 13.2 Å². The van der Waals surface area contributed by atoms with E-state index in [-0.39, 0.29) is 23.4 Å². The third-order valence-electron chi connectivity index (χ3n) is 3.25. The Hall–Kier alpha value is -2.16. The maximum Gasteiger partial charge on any atom is 0.433 e. The summed E-state index contributed by atoms with van der Waals surface area (Å²) in [4.78, 5) is 20.9. The predicted octanol–water partition coefficient (Wildman–Crippen LogP) is 3.78. The van der Waals surface area contributed by atoms with E-state index in [2.05, 4.69) is 9.97 Å². The fourth-order valence-electron chi connectivity index (χ4n) is 2.02. The molecule has 25 heavy (non-hydrogen) atoms. The molecule has 0 bridgehead atoms. The summed E-state index contributed by atoms with van der Waals surface area (Å²) < 4.78 is 51.1. The van der Waals surface area contributed by atoms with Crippen LogP contribution in [0.15, 0.2) is 41.7 Å². The molecule has 0 N–H and O–H groups in total. The first-order valence-electron chi connectivity index (χ1n) is 7.35. The summed E-state index contributed by atoms with van der Waals surface area (Å²) in [6, 6.07) is 6.66. The zero-order valence-electron chi connectivity index (χ0n) is 13.3. The molecule has 0 aliphatic carbocycles. The Labute approximate surface area is 146 Å². The second-order valence-electron chi connectivity index (χ2n) is 5.05. The lowest BCUT2D eigenvalue weighted by Crippen LogP contribution is -2.31. The molecular formula is C16H15F4N3OS. The van der Waals surface area contributed by atoms with Gasteiger partial charge in [0, 0.05) is 19.3 Å². The quantitative estimate of drug-likeness (QED) is 0.439. The Morgan fingerprint density at radius 3 is 2.68 bits per heavy atom. The molecule has 1 heterocycles. The molecule has 1 aromatic carbocycles. The highest BCUT2D eigenvalue weighted by Crippen LogP contribution is 2.28. The molecule has 0 aliphatic heterocycles. The third-order valence-corrected chi connectivity index (χ3v) is 4.09. The van der Waals surface area contributed by atoms with Crippen molar-refractivity contribution in [3.8, 4) is 0 Å². The molecular weight excluding hydrogens is 358 g/mol. The highest BCUT2D eigenvalue weighted by Gasteiger charge is 2.32. The van der Waals surface area contributed by atoms with E-state index in [1.54, 1.807) is 19.1 Å². The molecule has 0 radical (unpaired) electrons. The lowest BCUT2D eigenvalue weighted by molar-refractivity contribution is -0.141. The van der Waals surface area contributed by atoms with Gasteiger partial charge in [0.25, 0.3) is 0 Å². The van der Waals surface area contributed by atoms with Gasteiger partial charge in [-0.15, -0.1) is 0 Å². The summed E-state index contributed by atoms with van der Waals surface area (Å²) in [7, 11) is 0. The van der Waals surface area contributed by atoms with Gasteiger partial charge in [0.15, 0.2) is 5.16 Å². The number of alkyl halides is 3. The molecule has 0 unspecified atom stereocenters. The Balaban J connectivity index is 1.98. The van der Waals surface area contributed by atoms with E-state index in [1.165, 1.54) is 17.0 Å². The normalized spacial score (nSPS) is 11.4. The summed E-state index contributed by atoms with van der Waals surface area (Å²) in [6.45, 7) is 2.37. The van der Waals surface area contributed by atoms with E-state index >= 15 is 0 Å². The van der Waals surface area contributed by atoms with Crippen LogP contribution in [0.2, 0.25) is 0 Å². The number of nitrogens with zero attached hydrogens (tertiary/aromatic N) is 3. The van der Waals surface area contributed by atoms with Crippen LogP contribution in [0.5, 0.6) is 0 Å². The minimum absolute atomic E-state index is 0.107. The van der Waals surface area contributed by atoms with Gasteiger partial charge < -0.3 is 4.90 Å². The minimum Gasteiger partial charge on any atom is -0.338 e. The molecule has 0 spiro atoms. The molecule has 1 aromatic heterocycles. The van der Waals surface area contributed by atoms with Crippen molar-refractivity contribution in [1.82, 2.24) is 14.9 Å². The van der Waals surface area contributed by atoms with Gasteiger partial charge in [-0.25, -0.2) is 14.4 Å². The Morgan fingerprint density at radius 2 is 2.04 bits per heavy atom. The van der Waals surface area contributed by atoms with Crippen LogP contribution in [0.1, 0.15) is 18.2 Å². The van der Waals surface area contributed by atoms with Crippen molar-refractivity contribution >= 4 is 17.7 Å². The lowest BCUT2D eigenvalue weighted by Gasteiger charge is -2.20. The number of amides is 1. The monoisotopic (exact) mass is 373 g/mol. The standard InChI is InChI=1S/C16H15F4N3OS/c1-2-23(9-11-4-3-5-12(17)8-11)14(24)10-25-15-21-7-6-13(22-15)16(18,19)20/h3-8H,2,9-10H2,1H3. The van der Waals surface area contributed by atoms with Gasteiger partial charge in [-0.3, -0.25) is 4.79 Å². The van der Waals surface area contributed by atoms with Gasteiger partial charge in [-0.1, -0.05) is 23.9 Å². The van der Waals surface area contributed by atoms with Crippen molar-refractivity contribution < 1.29 is 22.4 Å². The highest BCUT2D eigenvalue weighted by molar-refractivity contribution is 7.99. The first kappa shape index (κ1) is 19.2. The number of carbonyl (C=O) groups excluding carboxylic acids is 1. The van der Waals surface area contributed by atoms with Crippen molar-refractivity contribution in [2.75, 3.05) is 12.3 Å². The number of aromatic nitrogens is 2. The lowest BCUT2D eigenvalue weighted by atomic mass is 10.2. The first-order chi connectivity index (χ1) is 11.8. The van der Waals surface area contributed by atoms with E-state index in [0.717, 1.165) is 24.0 Å². The molecule has 0 atom stereocenters. The van der Waals surface area contributed by atoms with Gasteiger partial charge in [-0.05, 0) is 30.7 Å². The fraction of sp³-hybridized carbons (Fsp3) is 0.312. The van der Waals surface area contributed by atoms with Crippen LogP contribution < -0.4 is 0 Å². The van der Waals surface area contributed by atoms with Crippen molar-refractivity contribution in [2.24, 2.45) is 0 Å². The predicted molar refractivity (Wildman–Crippen MR) is 85.2 cm³/mol. The molecule has 2 aromatic rings. The molecule has 0 saturated heterocycles. The van der Waals surface area contributed by atoms with Crippen molar-refractivity contribution in [3.05, 3.63) is 53.6 Å². The average Bonchev–Trinajstić information content (AvgIpc) is 2.57.